The fraction of sp³-hybridized carbons (Fsp3) is 0.182. The molecule has 0 aliphatic rings. The molecule has 0 bridgehead atoms. The predicted octanol–water partition coefficient (Wildman–Crippen LogP) is 1.89. The Balaban J connectivity index is 2.65. The maximum Gasteiger partial charge on any atom is 0.422 e. The van der Waals surface area contributed by atoms with Crippen molar-refractivity contribution in [2.24, 2.45) is 0 Å². The lowest BCUT2D eigenvalue weighted by atomic mass is 10.2. The lowest BCUT2D eigenvalue weighted by Gasteiger charge is -2.05. The molecule has 0 fully saturated rings. The largest absolute Gasteiger partial charge is 0.449 e. The van der Waals surface area contributed by atoms with Gasteiger partial charge in [-0.15, -0.1) is 4.83 Å². The monoisotopic (exact) mass is 304 g/mol. The Morgan fingerprint density at radius 1 is 1.42 bits per heavy atom. The minimum atomic E-state index is -3.81. The summed E-state index contributed by atoms with van der Waals surface area (Å²) < 4.78 is 27.5. The van der Waals surface area contributed by atoms with Crippen LogP contribution in [0.2, 0.25) is 5.02 Å². The molecule has 104 valence electrons. The first-order valence-corrected chi connectivity index (χ1v) is 7.24. The first kappa shape index (κ1) is 15.5. The average Bonchev–Trinajstić information content (AvgIpc) is 2.36. The molecule has 0 heterocycles. The third-order valence-corrected chi connectivity index (χ3v) is 3.13. The van der Waals surface area contributed by atoms with Gasteiger partial charge < -0.3 is 4.74 Å². The number of hydrogen-bond donors (Lipinski definition) is 2. The standard InChI is InChI=1S/C11H13ClN2O4S/c1-2-18-11(15)13-14-19(16,17)8-7-9-5-3-4-6-10(9)12/h3-8,14H,2H2,1H3,(H,13,15)/b8-7+. The third kappa shape index (κ3) is 5.73. The van der Waals surface area contributed by atoms with E-state index >= 15 is 0 Å². The van der Waals surface area contributed by atoms with Gasteiger partial charge in [0.05, 0.1) is 6.61 Å². The molecule has 0 saturated carbocycles. The summed E-state index contributed by atoms with van der Waals surface area (Å²) in [5, 5.41) is 1.31. The van der Waals surface area contributed by atoms with E-state index in [2.05, 4.69) is 4.74 Å². The van der Waals surface area contributed by atoms with Crippen molar-refractivity contribution in [3.63, 3.8) is 0 Å². The van der Waals surface area contributed by atoms with Crippen LogP contribution in [0, 0.1) is 0 Å². The molecule has 0 aliphatic heterocycles. The summed E-state index contributed by atoms with van der Waals surface area (Å²) in [6.45, 7) is 1.74. The van der Waals surface area contributed by atoms with E-state index in [9.17, 15) is 13.2 Å². The molecule has 1 aromatic rings. The summed E-state index contributed by atoms with van der Waals surface area (Å²) in [5.74, 6) is 0. The molecule has 0 radical (unpaired) electrons. The molecule has 0 spiro atoms. The second-order valence-electron chi connectivity index (χ2n) is 3.32. The van der Waals surface area contributed by atoms with Crippen molar-refractivity contribution >= 4 is 33.8 Å². The summed E-state index contributed by atoms with van der Waals surface area (Å²) in [5.41, 5.74) is 2.44. The average molecular weight is 305 g/mol. The van der Waals surface area contributed by atoms with Crippen LogP contribution in [0.3, 0.4) is 0 Å². The Bertz CT molecular complexity index is 572. The Morgan fingerprint density at radius 2 is 2.11 bits per heavy atom. The first-order chi connectivity index (χ1) is 8.94. The van der Waals surface area contributed by atoms with Crippen molar-refractivity contribution in [3.8, 4) is 0 Å². The molecule has 1 amide bonds. The van der Waals surface area contributed by atoms with Gasteiger partial charge in [-0.3, -0.25) is 0 Å². The number of hydrazine groups is 1. The lowest BCUT2D eigenvalue weighted by Crippen LogP contribution is -2.40. The van der Waals surface area contributed by atoms with Crippen molar-refractivity contribution in [3.05, 3.63) is 40.3 Å². The van der Waals surface area contributed by atoms with Gasteiger partial charge in [0, 0.05) is 10.4 Å². The van der Waals surface area contributed by atoms with Gasteiger partial charge in [0.15, 0.2) is 0 Å². The zero-order chi connectivity index (χ0) is 14.3. The van der Waals surface area contributed by atoms with Gasteiger partial charge in [-0.1, -0.05) is 29.8 Å². The van der Waals surface area contributed by atoms with Crippen LogP contribution in [-0.4, -0.2) is 21.1 Å². The molecule has 6 nitrogen and oxygen atoms in total. The maximum absolute atomic E-state index is 11.5. The highest BCUT2D eigenvalue weighted by molar-refractivity contribution is 7.92. The van der Waals surface area contributed by atoms with Crippen molar-refractivity contribution in [1.29, 1.82) is 0 Å². The van der Waals surface area contributed by atoms with E-state index in [4.69, 9.17) is 11.6 Å². The summed E-state index contributed by atoms with van der Waals surface area (Å²) in [7, 11) is -3.81. The van der Waals surface area contributed by atoms with E-state index in [1.165, 1.54) is 6.08 Å². The number of carbonyl (C=O) groups excluding carboxylic acids is 1. The smallest absolute Gasteiger partial charge is 0.422 e. The van der Waals surface area contributed by atoms with Crippen LogP contribution in [0.4, 0.5) is 4.79 Å². The van der Waals surface area contributed by atoms with E-state index in [1.807, 2.05) is 10.3 Å². The number of nitrogens with one attached hydrogen (secondary N) is 2. The van der Waals surface area contributed by atoms with E-state index < -0.39 is 16.1 Å². The molecule has 1 rings (SSSR count). The van der Waals surface area contributed by atoms with E-state index in [0.717, 1.165) is 5.41 Å². The van der Waals surface area contributed by atoms with E-state index in [0.29, 0.717) is 10.6 Å². The topological polar surface area (TPSA) is 84.5 Å². The Morgan fingerprint density at radius 3 is 2.74 bits per heavy atom. The van der Waals surface area contributed by atoms with Gasteiger partial charge in [0.1, 0.15) is 0 Å². The minimum Gasteiger partial charge on any atom is -0.449 e. The molecule has 2 N–H and O–H groups in total. The lowest BCUT2D eigenvalue weighted by molar-refractivity contribution is 0.150. The van der Waals surface area contributed by atoms with Gasteiger partial charge >= 0.3 is 6.09 Å². The summed E-state index contributed by atoms with van der Waals surface area (Å²) in [6, 6.07) is 6.75. The van der Waals surface area contributed by atoms with Crippen molar-refractivity contribution < 1.29 is 17.9 Å². The first-order valence-electron chi connectivity index (χ1n) is 5.32. The molecule has 0 unspecified atom stereocenters. The fourth-order valence-electron chi connectivity index (χ4n) is 1.09. The Hall–Kier alpha value is -1.57. The molecule has 1 aromatic carbocycles. The SMILES string of the molecule is CCOC(=O)NNS(=O)(=O)/C=C/c1ccccc1Cl. The van der Waals surface area contributed by atoms with Crippen LogP contribution >= 0.6 is 11.6 Å². The summed E-state index contributed by atoms with van der Waals surface area (Å²) in [4.78, 5) is 12.8. The second kappa shape index (κ2) is 7.13. The number of benzene rings is 1. The van der Waals surface area contributed by atoms with Gasteiger partial charge in [-0.05, 0) is 24.6 Å². The number of ether oxygens (including phenoxy) is 1. The zero-order valence-electron chi connectivity index (χ0n) is 10.1. The molecule has 19 heavy (non-hydrogen) atoms. The van der Waals surface area contributed by atoms with Crippen LogP contribution in [0.5, 0.6) is 0 Å². The fourth-order valence-corrected chi connectivity index (χ4v) is 1.91. The molecule has 0 saturated heterocycles. The number of carbonyl (C=O) groups is 1. The molecule has 0 aliphatic carbocycles. The highest BCUT2D eigenvalue weighted by Gasteiger charge is 2.08. The number of amides is 1. The molecule has 0 aromatic heterocycles. The molecule has 8 heteroatoms. The summed E-state index contributed by atoms with van der Waals surface area (Å²) in [6.07, 6.45) is 0.439. The number of rotatable bonds is 5. The van der Waals surface area contributed by atoms with E-state index in [-0.39, 0.29) is 6.61 Å². The minimum absolute atomic E-state index is 0.142. The van der Waals surface area contributed by atoms with Crippen LogP contribution in [0.1, 0.15) is 12.5 Å². The van der Waals surface area contributed by atoms with Crippen LogP contribution in [0.15, 0.2) is 29.7 Å². The van der Waals surface area contributed by atoms with Crippen molar-refractivity contribution in [2.45, 2.75) is 6.92 Å². The molecule has 0 atom stereocenters. The highest BCUT2D eigenvalue weighted by atomic mass is 35.5. The van der Waals surface area contributed by atoms with Crippen LogP contribution in [0.25, 0.3) is 6.08 Å². The van der Waals surface area contributed by atoms with E-state index in [1.54, 1.807) is 31.2 Å². The zero-order valence-corrected chi connectivity index (χ0v) is 11.7. The Kier molecular flexibility index (Phi) is 5.81. The third-order valence-electron chi connectivity index (χ3n) is 1.90. The Labute approximate surface area is 116 Å². The maximum atomic E-state index is 11.5. The normalized spacial score (nSPS) is 11.5. The van der Waals surface area contributed by atoms with Gasteiger partial charge in [0.2, 0.25) is 0 Å². The number of hydrogen-bond acceptors (Lipinski definition) is 4. The predicted molar refractivity (Wildman–Crippen MR) is 72.7 cm³/mol. The van der Waals surface area contributed by atoms with Gasteiger partial charge in [-0.25, -0.2) is 18.6 Å². The molecular weight excluding hydrogens is 292 g/mol. The number of halogens is 1. The van der Waals surface area contributed by atoms with Crippen LogP contribution in [-0.2, 0) is 14.8 Å². The van der Waals surface area contributed by atoms with Crippen molar-refractivity contribution in [1.82, 2.24) is 10.3 Å². The van der Waals surface area contributed by atoms with Crippen LogP contribution < -0.4 is 10.3 Å². The molecular formula is C11H13ClN2O4S. The quantitative estimate of drug-likeness (QED) is 0.814. The highest BCUT2D eigenvalue weighted by Crippen LogP contribution is 2.16. The second-order valence-corrected chi connectivity index (χ2v) is 5.29. The van der Waals surface area contributed by atoms with Gasteiger partial charge in [0.25, 0.3) is 10.0 Å². The van der Waals surface area contributed by atoms with Crippen molar-refractivity contribution in [2.75, 3.05) is 6.61 Å². The van der Waals surface area contributed by atoms with Gasteiger partial charge in [-0.2, -0.15) is 0 Å². The number of sulfonamides is 1. The summed E-state index contributed by atoms with van der Waals surface area (Å²) >= 11 is 5.87.